The van der Waals surface area contributed by atoms with E-state index in [-0.39, 0.29) is 35.6 Å². The van der Waals surface area contributed by atoms with Crippen LogP contribution in [0.25, 0.3) is 0 Å². The molecule has 2 atom stereocenters. The number of hydrogen-bond acceptors (Lipinski definition) is 5. The van der Waals surface area contributed by atoms with Gasteiger partial charge in [0.05, 0.1) is 10.6 Å². The smallest absolute Gasteiger partial charge is 0.243 e. The Kier molecular flexibility index (Phi) is 3.51. The lowest BCUT2D eigenvalue weighted by molar-refractivity contribution is -0.121. The Morgan fingerprint density at radius 2 is 1.70 bits per heavy atom. The Balaban J connectivity index is 1.61. The van der Waals surface area contributed by atoms with Gasteiger partial charge in [0.25, 0.3) is 0 Å². The Hall–Kier alpha value is -1.38. The molecule has 122 valence electrons. The van der Waals surface area contributed by atoms with E-state index in [2.05, 4.69) is 0 Å². The molecule has 23 heavy (non-hydrogen) atoms. The summed E-state index contributed by atoms with van der Waals surface area (Å²) in [6.45, 7) is 0.572. The first-order valence-electron chi connectivity index (χ1n) is 7.56. The highest BCUT2D eigenvalue weighted by Gasteiger charge is 2.44. The molecule has 2 amide bonds. The molecular formula is C15H16N2O4S2. The summed E-state index contributed by atoms with van der Waals surface area (Å²) in [5.41, 5.74) is 0.440. The molecule has 0 aromatic heterocycles. The van der Waals surface area contributed by atoms with Crippen LogP contribution >= 0.6 is 11.8 Å². The van der Waals surface area contributed by atoms with Gasteiger partial charge in [0.1, 0.15) is 0 Å². The summed E-state index contributed by atoms with van der Waals surface area (Å²) >= 11 is 1.84. The molecule has 3 fully saturated rings. The van der Waals surface area contributed by atoms with Crippen molar-refractivity contribution in [1.29, 1.82) is 0 Å². The summed E-state index contributed by atoms with van der Waals surface area (Å²) < 4.78 is 27.1. The van der Waals surface area contributed by atoms with Crippen molar-refractivity contribution >= 4 is 39.3 Å². The maximum absolute atomic E-state index is 12.8. The van der Waals surface area contributed by atoms with Gasteiger partial charge in [-0.05, 0) is 30.7 Å². The number of anilines is 1. The number of rotatable bonds is 3. The highest BCUT2D eigenvalue weighted by molar-refractivity contribution is 8.00. The van der Waals surface area contributed by atoms with Gasteiger partial charge in [-0.1, -0.05) is 0 Å². The highest BCUT2D eigenvalue weighted by atomic mass is 32.2. The van der Waals surface area contributed by atoms with Crippen molar-refractivity contribution in [3.63, 3.8) is 0 Å². The maximum Gasteiger partial charge on any atom is 0.243 e. The number of nitrogens with zero attached hydrogens (tertiary/aromatic N) is 2. The molecular weight excluding hydrogens is 336 g/mol. The van der Waals surface area contributed by atoms with Gasteiger partial charge in [-0.25, -0.2) is 8.42 Å². The Labute approximate surface area is 138 Å². The van der Waals surface area contributed by atoms with Gasteiger partial charge < -0.3 is 0 Å². The topological polar surface area (TPSA) is 74.8 Å². The van der Waals surface area contributed by atoms with Gasteiger partial charge in [0.15, 0.2) is 0 Å². The quantitative estimate of drug-likeness (QED) is 0.765. The first-order chi connectivity index (χ1) is 11.0. The van der Waals surface area contributed by atoms with Gasteiger partial charge in [-0.15, -0.1) is 0 Å². The summed E-state index contributed by atoms with van der Waals surface area (Å²) in [5, 5.41) is 0.411. The van der Waals surface area contributed by atoms with Gasteiger partial charge in [-0.3, -0.25) is 14.5 Å². The fourth-order valence-corrected chi connectivity index (χ4v) is 6.73. The average molecular weight is 352 g/mol. The lowest BCUT2D eigenvalue weighted by Crippen LogP contribution is -2.39. The third-order valence-corrected chi connectivity index (χ3v) is 7.93. The second kappa shape index (κ2) is 5.32. The number of carbonyl (C=O) groups excluding carboxylic acids is 2. The predicted molar refractivity (Wildman–Crippen MR) is 86.7 cm³/mol. The third-order valence-electron chi connectivity index (χ3n) is 4.60. The largest absolute Gasteiger partial charge is 0.274 e. The van der Waals surface area contributed by atoms with Crippen LogP contribution in [0, 0.1) is 0 Å². The van der Waals surface area contributed by atoms with E-state index in [1.165, 1.54) is 24.3 Å². The molecule has 2 bridgehead atoms. The normalized spacial score (nSPS) is 28.1. The second-order valence-electron chi connectivity index (χ2n) is 6.04. The average Bonchev–Trinajstić information content (AvgIpc) is 3.24. The fraction of sp³-hybridized carbons (Fsp3) is 0.467. The second-order valence-corrected chi connectivity index (χ2v) is 9.26. The molecule has 1 aromatic rings. The van der Waals surface area contributed by atoms with Crippen molar-refractivity contribution < 1.29 is 18.0 Å². The monoisotopic (exact) mass is 352 g/mol. The number of imide groups is 1. The summed E-state index contributed by atoms with van der Waals surface area (Å²) in [6, 6.07) is 6.15. The molecule has 0 N–H and O–H groups in total. The minimum Gasteiger partial charge on any atom is -0.274 e. The molecule has 0 radical (unpaired) electrons. The minimum atomic E-state index is -3.51. The Morgan fingerprint density at radius 1 is 1.04 bits per heavy atom. The van der Waals surface area contributed by atoms with E-state index in [1.54, 1.807) is 4.31 Å². The maximum atomic E-state index is 12.8. The SMILES string of the molecule is O=C1CCC(=O)N1c1ccc(S(=O)(=O)N2CC3CC2CS3)cc1. The number of amides is 2. The number of thioether (sulfide) groups is 1. The summed E-state index contributed by atoms with van der Waals surface area (Å²) in [7, 11) is -3.51. The molecule has 0 aliphatic carbocycles. The van der Waals surface area contributed by atoms with E-state index in [1.807, 2.05) is 11.8 Å². The van der Waals surface area contributed by atoms with Crippen LogP contribution in [0.1, 0.15) is 19.3 Å². The summed E-state index contributed by atoms with van der Waals surface area (Å²) in [6.07, 6.45) is 1.36. The van der Waals surface area contributed by atoms with Crippen molar-refractivity contribution in [3.8, 4) is 0 Å². The number of benzene rings is 1. The fourth-order valence-electron chi connectivity index (χ4n) is 3.43. The van der Waals surface area contributed by atoms with Crippen molar-refractivity contribution in [1.82, 2.24) is 4.31 Å². The lowest BCUT2D eigenvalue weighted by Gasteiger charge is -2.26. The lowest BCUT2D eigenvalue weighted by atomic mass is 10.3. The number of hydrogen-bond donors (Lipinski definition) is 0. The standard InChI is InChI=1S/C15H16N2O4S2/c18-14-5-6-15(19)17(14)10-1-3-13(4-2-10)23(20,21)16-8-12-7-11(16)9-22-12/h1-4,11-12H,5-9H2. The van der Waals surface area contributed by atoms with E-state index < -0.39 is 10.0 Å². The van der Waals surface area contributed by atoms with E-state index in [0.29, 0.717) is 17.5 Å². The van der Waals surface area contributed by atoms with Crippen LogP contribution < -0.4 is 4.90 Å². The van der Waals surface area contributed by atoms with E-state index >= 15 is 0 Å². The Morgan fingerprint density at radius 3 is 2.22 bits per heavy atom. The molecule has 4 rings (SSSR count). The van der Waals surface area contributed by atoms with Crippen LogP contribution in [0.15, 0.2) is 29.2 Å². The third kappa shape index (κ3) is 2.40. The van der Waals surface area contributed by atoms with Crippen LogP contribution in [0.4, 0.5) is 5.69 Å². The van der Waals surface area contributed by atoms with Gasteiger partial charge in [0.2, 0.25) is 21.8 Å². The molecule has 3 aliphatic heterocycles. The molecule has 8 heteroatoms. The van der Waals surface area contributed by atoms with Crippen LogP contribution in [0.2, 0.25) is 0 Å². The first-order valence-corrected chi connectivity index (χ1v) is 10.0. The molecule has 3 aliphatic rings. The van der Waals surface area contributed by atoms with Crippen LogP contribution in [0.5, 0.6) is 0 Å². The highest BCUT2D eigenvalue weighted by Crippen LogP contribution is 2.40. The zero-order valence-electron chi connectivity index (χ0n) is 12.3. The summed E-state index contributed by atoms with van der Waals surface area (Å²) in [5.74, 6) is 0.387. The number of carbonyl (C=O) groups is 2. The van der Waals surface area contributed by atoms with E-state index in [4.69, 9.17) is 0 Å². The van der Waals surface area contributed by atoms with E-state index in [9.17, 15) is 18.0 Å². The van der Waals surface area contributed by atoms with Gasteiger partial charge in [-0.2, -0.15) is 16.1 Å². The predicted octanol–water partition coefficient (Wildman–Crippen LogP) is 1.22. The molecule has 3 heterocycles. The number of sulfonamides is 1. The summed E-state index contributed by atoms with van der Waals surface area (Å²) in [4.78, 5) is 24.8. The zero-order valence-corrected chi connectivity index (χ0v) is 14.0. The molecule has 2 unspecified atom stereocenters. The van der Waals surface area contributed by atoms with Crippen molar-refractivity contribution in [2.75, 3.05) is 17.2 Å². The molecule has 0 spiro atoms. The van der Waals surface area contributed by atoms with Crippen molar-refractivity contribution in [2.45, 2.75) is 35.4 Å². The molecule has 0 saturated carbocycles. The molecule has 3 saturated heterocycles. The van der Waals surface area contributed by atoms with Crippen molar-refractivity contribution in [2.24, 2.45) is 0 Å². The molecule has 6 nitrogen and oxygen atoms in total. The van der Waals surface area contributed by atoms with Crippen LogP contribution in [-0.2, 0) is 19.6 Å². The van der Waals surface area contributed by atoms with Crippen LogP contribution in [-0.4, -0.2) is 48.1 Å². The number of fused-ring (bicyclic) bond motifs is 2. The Bertz CT molecular complexity index is 759. The molecule has 1 aromatic carbocycles. The van der Waals surface area contributed by atoms with Gasteiger partial charge in [0, 0.05) is 36.4 Å². The van der Waals surface area contributed by atoms with Crippen LogP contribution in [0.3, 0.4) is 0 Å². The van der Waals surface area contributed by atoms with Gasteiger partial charge >= 0.3 is 0 Å². The minimum absolute atomic E-state index is 0.0939. The van der Waals surface area contributed by atoms with E-state index in [0.717, 1.165) is 17.1 Å². The first kappa shape index (κ1) is 15.2. The van der Waals surface area contributed by atoms with Crippen molar-refractivity contribution in [3.05, 3.63) is 24.3 Å². The zero-order chi connectivity index (χ0) is 16.2.